The molecule has 1 aromatic carbocycles. The van der Waals surface area contributed by atoms with E-state index < -0.39 is 29.8 Å². The Morgan fingerprint density at radius 1 is 1.09 bits per heavy atom. The Kier molecular flexibility index (Phi) is 5.87. The quantitative estimate of drug-likeness (QED) is 0.542. The van der Waals surface area contributed by atoms with Gasteiger partial charge in [-0.25, -0.2) is 0 Å². The highest BCUT2D eigenvalue weighted by Gasteiger charge is 2.49. The van der Waals surface area contributed by atoms with Crippen molar-refractivity contribution < 1.29 is 28.0 Å². The zero-order valence-corrected chi connectivity index (χ0v) is 18.7. The van der Waals surface area contributed by atoms with Crippen LogP contribution in [0, 0.1) is 11.8 Å². The van der Waals surface area contributed by atoms with Gasteiger partial charge in [0.05, 0.1) is 6.04 Å². The summed E-state index contributed by atoms with van der Waals surface area (Å²) in [5, 5.41) is 7.48. The molecule has 3 heterocycles. The lowest BCUT2D eigenvalue weighted by atomic mass is 9.88. The Morgan fingerprint density at radius 2 is 1.85 bits per heavy atom. The van der Waals surface area contributed by atoms with Gasteiger partial charge in [0, 0.05) is 25.1 Å². The number of amides is 4. The van der Waals surface area contributed by atoms with Crippen molar-refractivity contribution in [2.24, 2.45) is 11.8 Å². The molecule has 3 aliphatic heterocycles. The Morgan fingerprint density at radius 3 is 2.53 bits per heavy atom. The predicted octanol–water partition coefficient (Wildman–Crippen LogP) is 1.48. The number of imide groups is 1. The fourth-order valence-corrected chi connectivity index (χ4v) is 5.35. The fraction of sp³-hybridized carbons (Fsp3) is 0.583. The highest BCUT2D eigenvalue weighted by atomic mass is 19.3. The number of halogens is 2. The van der Waals surface area contributed by atoms with Crippen molar-refractivity contribution in [2.45, 2.75) is 69.6 Å². The molecule has 3 fully saturated rings. The van der Waals surface area contributed by atoms with E-state index in [-0.39, 0.29) is 44.2 Å². The molecule has 0 bridgehead atoms. The van der Waals surface area contributed by atoms with Crippen molar-refractivity contribution in [3.63, 3.8) is 0 Å². The molecule has 3 atom stereocenters. The molecule has 0 spiro atoms. The number of carbonyl (C=O) groups is 4. The van der Waals surface area contributed by atoms with Crippen molar-refractivity contribution in [3.8, 4) is 0 Å². The Bertz CT molecular complexity index is 1030. The van der Waals surface area contributed by atoms with Crippen LogP contribution in [0.1, 0.15) is 60.0 Å². The van der Waals surface area contributed by atoms with Gasteiger partial charge >= 0.3 is 5.92 Å². The number of alkyl halides is 2. The molecular weight excluding hydrogens is 446 g/mol. The van der Waals surface area contributed by atoms with Gasteiger partial charge in [0.2, 0.25) is 11.8 Å². The molecule has 34 heavy (non-hydrogen) atoms. The first kappa shape index (κ1) is 22.9. The lowest BCUT2D eigenvalue weighted by molar-refractivity contribution is -0.151. The molecule has 0 aromatic heterocycles. The molecule has 8 nitrogen and oxygen atoms in total. The van der Waals surface area contributed by atoms with Crippen molar-refractivity contribution >= 4 is 23.6 Å². The van der Waals surface area contributed by atoms with E-state index >= 15 is 0 Å². The van der Waals surface area contributed by atoms with Gasteiger partial charge < -0.3 is 15.5 Å². The van der Waals surface area contributed by atoms with Crippen LogP contribution in [-0.2, 0) is 27.5 Å². The molecule has 4 aliphatic rings. The molecular formula is C24H28F2N4O4. The van der Waals surface area contributed by atoms with Crippen LogP contribution in [0.25, 0.3) is 0 Å². The normalized spacial score (nSPS) is 27.4. The minimum Gasteiger partial charge on any atom is -0.347 e. The molecule has 2 saturated heterocycles. The van der Waals surface area contributed by atoms with E-state index in [0.717, 1.165) is 0 Å². The predicted molar refractivity (Wildman–Crippen MR) is 117 cm³/mol. The second-order valence-electron chi connectivity index (χ2n) is 9.83. The van der Waals surface area contributed by atoms with E-state index in [9.17, 15) is 28.0 Å². The van der Waals surface area contributed by atoms with Crippen LogP contribution < -0.4 is 16.0 Å². The smallest absolute Gasteiger partial charge is 0.339 e. The number of hydrogen-bond acceptors (Lipinski definition) is 5. The van der Waals surface area contributed by atoms with Gasteiger partial charge in [0.15, 0.2) is 0 Å². The molecule has 4 amide bonds. The van der Waals surface area contributed by atoms with Gasteiger partial charge in [-0.15, -0.1) is 0 Å². The molecule has 10 heteroatoms. The lowest BCUT2D eigenvalue weighted by Crippen LogP contribution is -2.57. The van der Waals surface area contributed by atoms with Gasteiger partial charge in [-0.3, -0.25) is 24.5 Å². The molecule has 3 unspecified atom stereocenters. The molecule has 0 radical (unpaired) electrons. The molecule has 1 saturated carbocycles. The molecule has 1 aliphatic carbocycles. The minimum atomic E-state index is -3.51. The first-order chi connectivity index (χ1) is 16.2. The SMILES string of the molecule is O=C1CCC(N2Cc3cc(CNC(=O)C(F)(F)C4CCC(C5CC5)CN4)ccc3C2=O)C(=O)N1. The summed E-state index contributed by atoms with van der Waals surface area (Å²) >= 11 is 0. The largest absolute Gasteiger partial charge is 0.347 e. The third-order valence-electron chi connectivity index (χ3n) is 7.52. The zero-order valence-electron chi connectivity index (χ0n) is 18.7. The maximum absolute atomic E-state index is 14.8. The third-order valence-corrected chi connectivity index (χ3v) is 7.52. The summed E-state index contributed by atoms with van der Waals surface area (Å²) in [5.41, 5.74) is 1.68. The first-order valence-electron chi connectivity index (χ1n) is 11.9. The monoisotopic (exact) mass is 474 g/mol. The Balaban J connectivity index is 1.18. The standard InChI is InChI=1S/C24H28F2N4O4/c25-24(26,19-7-4-15(11-27-19)14-2-3-14)23(34)28-10-13-1-5-17-16(9-13)12-30(22(17)33)18-6-8-20(31)29-21(18)32/h1,5,9,14-15,18-19,27H,2-4,6-8,10-12H2,(H,28,34)(H,29,31,32). The summed E-state index contributed by atoms with van der Waals surface area (Å²) in [5.74, 6) is -4.89. The summed E-state index contributed by atoms with van der Waals surface area (Å²) in [6.07, 6.45) is 3.77. The summed E-state index contributed by atoms with van der Waals surface area (Å²) in [6, 6.07) is 3.01. The zero-order chi connectivity index (χ0) is 24.0. The van der Waals surface area contributed by atoms with Crippen LogP contribution in [0.4, 0.5) is 8.78 Å². The first-order valence-corrected chi connectivity index (χ1v) is 11.9. The highest BCUT2D eigenvalue weighted by Crippen LogP contribution is 2.41. The second-order valence-corrected chi connectivity index (χ2v) is 9.83. The van der Waals surface area contributed by atoms with Crippen molar-refractivity contribution in [3.05, 3.63) is 34.9 Å². The lowest BCUT2D eigenvalue weighted by Gasteiger charge is -2.34. The van der Waals surface area contributed by atoms with Crippen LogP contribution in [0.15, 0.2) is 18.2 Å². The molecule has 1 aromatic rings. The Hall–Kier alpha value is -2.88. The number of carbonyl (C=O) groups excluding carboxylic acids is 4. The summed E-state index contributed by atoms with van der Waals surface area (Å²) in [4.78, 5) is 50.1. The van der Waals surface area contributed by atoms with Crippen molar-refractivity contribution in [1.82, 2.24) is 20.9 Å². The number of hydrogen-bond donors (Lipinski definition) is 3. The molecule has 5 rings (SSSR count). The van der Waals surface area contributed by atoms with Gasteiger partial charge in [-0.05, 0) is 67.7 Å². The number of rotatable bonds is 6. The topological polar surface area (TPSA) is 108 Å². The molecule has 182 valence electrons. The minimum absolute atomic E-state index is 0.0915. The van der Waals surface area contributed by atoms with Crippen LogP contribution in [0.2, 0.25) is 0 Å². The maximum Gasteiger partial charge on any atom is 0.339 e. The number of piperidine rings is 2. The average molecular weight is 475 g/mol. The number of fused-ring (bicyclic) bond motifs is 1. The van der Waals surface area contributed by atoms with E-state index in [4.69, 9.17) is 0 Å². The number of benzene rings is 1. The van der Waals surface area contributed by atoms with E-state index in [1.54, 1.807) is 18.2 Å². The number of nitrogens with zero attached hydrogens (tertiary/aromatic N) is 1. The molecule has 3 N–H and O–H groups in total. The van der Waals surface area contributed by atoms with Crippen LogP contribution in [0.5, 0.6) is 0 Å². The fourth-order valence-electron chi connectivity index (χ4n) is 5.35. The van der Waals surface area contributed by atoms with E-state index in [1.165, 1.54) is 17.7 Å². The van der Waals surface area contributed by atoms with Crippen molar-refractivity contribution in [2.75, 3.05) is 6.54 Å². The summed E-state index contributed by atoms with van der Waals surface area (Å²) in [7, 11) is 0. The van der Waals surface area contributed by atoms with E-state index in [1.807, 2.05) is 0 Å². The van der Waals surface area contributed by atoms with Crippen LogP contribution >= 0.6 is 0 Å². The second kappa shape index (κ2) is 8.72. The van der Waals surface area contributed by atoms with E-state index in [0.29, 0.717) is 41.5 Å². The van der Waals surface area contributed by atoms with Gasteiger partial charge in [-0.2, -0.15) is 8.78 Å². The van der Waals surface area contributed by atoms with Crippen LogP contribution in [0.3, 0.4) is 0 Å². The number of nitrogens with one attached hydrogen (secondary N) is 3. The van der Waals surface area contributed by atoms with Crippen LogP contribution in [-0.4, -0.2) is 53.1 Å². The van der Waals surface area contributed by atoms with Gasteiger partial charge in [0.25, 0.3) is 11.8 Å². The maximum atomic E-state index is 14.8. The van der Waals surface area contributed by atoms with Crippen molar-refractivity contribution in [1.29, 1.82) is 0 Å². The van der Waals surface area contributed by atoms with Gasteiger partial charge in [-0.1, -0.05) is 12.1 Å². The highest BCUT2D eigenvalue weighted by molar-refractivity contribution is 6.05. The van der Waals surface area contributed by atoms with Gasteiger partial charge in [0.1, 0.15) is 6.04 Å². The third kappa shape index (κ3) is 4.31. The average Bonchev–Trinajstić information content (AvgIpc) is 3.62. The summed E-state index contributed by atoms with van der Waals surface area (Å²) < 4.78 is 29.5. The summed E-state index contributed by atoms with van der Waals surface area (Å²) in [6.45, 7) is 0.624. The Labute approximate surface area is 195 Å². The van der Waals surface area contributed by atoms with E-state index in [2.05, 4.69) is 16.0 Å².